The van der Waals surface area contributed by atoms with Crippen LogP contribution in [-0.4, -0.2) is 62.0 Å². The van der Waals surface area contributed by atoms with E-state index >= 15 is 0 Å². The molecule has 2 atom stereocenters. The monoisotopic (exact) mass is 610 g/mol. The number of nitrogens with one attached hydrogen (secondary N) is 3. The Morgan fingerprint density at radius 2 is 2.00 bits per heavy atom. The van der Waals surface area contributed by atoms with E-state index in [0.29, 0.717) is 50.8 Å². The molecule has 0 fully saturated rings. The lowest BCUT2D eigenvalue weighted by molar-refractivity contribution is -0.125. The first kappa shape index (κ1) is 30.7. The summed E-state index contributed by atoms with van der Waals surface area (Å²) in [6, 6.07) is 7.71. The maximum atomic E-state index is 13.5. The molecule has 42 heavy (non-hydrogen) atoms. The Hall–Kier alpha value is -4.29. The van der Waals surface area contributed by atoms with Gasteiger partial charge in [-0.1, -0.05) is 35.3 Å². The van der Waals surface area contributed by atoms with E-state index in [1.807, 2.05) is 19.1 Å². The summed E-state index contributed by atoms with van der Waals surface area (Å²) >= 11 is 12.8. The topological polar surface area (TPSA) is 142 Å². The average Bonchev–Trinajstić information content (AvgIpc) is 3.52. The number of hydrogen-bond acceptors (Lipinski definition) is 7. The van der Waals surface area contributed by atoms with Gasteiger partial charge >= 0.3 is 0 Å². The summed E-state index contributed by atoms with van der Waals surface area (Å²) < 4.78 is 0. The van der Waals surface area contributed by atoms with Crippen LogP contribution in [0.15, 0.2) is 51.5 Å². The molecule has 3 N–H and O–H groups in total. The van der Waals surface area contributed by atoms with Gasteiger partial charge in [0.2, 0.25) is 11.9 Å². The van der Waals surface area contributed by atoms with Crippen molar-refractivity contribution in [3.63, 3.8) is 0 Å². The van der Waals surface area contributed by atoms with Crippen molar-refractivity contribution in [1.29, 1.82) is 0 Å². The van der Waals surface area contributed by atoms with Crippen LogP contribution in [0.4, 0.5) is 11.6 Å². The molecule has 4 rings (SSSR count). The molecule has 3 heterocycles. The van der Waals surface area contributed by atoms with E-state index in [1.54, 1.807) is 46.0 Å². The van der Waals surface area contributed by atoms with Crippen molar-refractivity contribution in [2.24, 2.45) is 17.0 Å². The van der Waals surface area contributed by atoms with Crippen LogP contribution in [-0.2, 0) is 18.4 Å². The third-order valence-corrected chi connectivity index (χ3v) is 7.12. The van der Waals surface area contributed by atoms with Gasteiger partial charge in [-0.15, -0.1) is 5.10 Å². The van der Waals surface area contributed by atoms with Gasteiger partial charge in [-0.3, -0.25) is 9.59 Å². The Balaban J connectivity index is 1.50. The molecule has 2 amide bonds. The summed E-state index contributed by atoms with van der Waals surface area (Å²) in [5, 5.41) is 18.1. The molecule has 0 radical (unpaired) electrons. The second-order valence-corrected chi connectivity index (χ2v) is 10.6. The Bertz CT molecular complexity index is 1580. The number of rotatable bonds is 9. The van der Waals surface area contributed by atoms with Crippen molar-refractivity contribution in [3.05, 3.63) is 69.0 Å². The smallest absolute Gasteiger partial charge is 0.255 e. The summed E-state index contributed by atoms with van der Waals surface area (Å²) in [6.45, 7) is 11.7. The first-order chi connectivity index (χ1) is 20.0. The molecule has 220 valence electrons. The van der Waals surface area contributed by atoms with Crippen LogP contribution in [0.2, 0.25) is 5.02 Å². The van der Waals surface area contributed by atoms with Crippen LogP contribution in [0.25, 0.3) is 5.70 Å². The molecule has 0 saturated carbocycles. The van der Waals surface area contributed by atoms with Crippen LogP contribution < -0.4 is 16.0 Å². The third-order valence-electron chi connectivity index (χ3n) is 6.62. The number of anilines is 1. The van der Waals surface area contributed by atoms with Crippen molar-refractivity contribution in [3.8, 4) is 0 Å². The van der Waals surface area contributed by atoms with Crippen molar-refractivity contribution in [1.82, 2.24) is 35.5 Å². The SMILES string of the molecule is C=NC(=Nc1cnn(C)n1)N/C(=C(\C)Cl)c1ccc2c(c1)C(=O)N([C@H](C)C(=O)N[C@H](C)c1nc(NCC)ccc1Cl)C2. The molecule has 3 aromatic rings. The van der Waals surface area contributed by atoms with E-state index in [1.165, 1.54) is 15.9 Å². The molecule has 0 bridgehead atoms. The van der Waals surface area contributed by atoms with E-state index in [0.717, 1.165) is 5.56 Å². The van der Waals surface area contributed by atoms with Gasteiger partial charge in [0.15, 0.2) is 5.82 Å². The number of aliphatic imine (C=N–C) groups is 2. The summed E-state index contributed by atoms with van der Waals surface area (Å²) in [5.41, 5.74) is 2.93. The number of aryl methyl sites for hydroxylation is 1. The molecule has 0 aliphatic carbocycles. The Morgan fingerprint density at radius 3 is 2.64 bits per heavy atom. The average molecular weight is 612 g/mol. The van der Waals surface area contributed by atoms with Crippen LogP contribution in [0, 0.1) is 0 Å². The highest BCUT2D eigenvalue weighted by Crippen LogP contribution is 2.30. The predicted molar refractivity (Wildman–Crippen MR) is 165 cm³/mol. The minimum atomic E-state index is -0.745. The number of aromatic nitrogens is 4. The molecule has 1 aliphatic rings. The highest BCUT2D eigenvalue weighted by molar-refractivity contribution is 6.32. The lowest BCUT2D eigenvalue weighted by Gasteiger charge is -2.25. The standard InChI is InChI=1S/C28H32Cl2N10O2/c1-7-32-22-11-10-21(30)25(35-22)16(3)34-26(41)17(4)40-14-19-9-8-18(12-20(19)27(40)42)24(15(2)29)37-28(31-5)36-23-13-33-39(6)38-23/h8-13,16-17H,5,7,14H2,1-4,6H3,(H,32,35)(H,34,41)(H,36,37,38)/b24-15+/t16-,17-/m1/s1. The quantitative estimate of drug-likeness (QED) is 0.240. The molecule has 0 unspecified atom stereocenters. The maximum Gasteiger partial charge on any atom is 0.255 e. The molecule has 1 aromatic carbocycles. The zero-order chi connectivity index (χ0) is 30.6. The predicted octanol–water partition coefficient (Wildman–Crippen LogP) is 4.42. The number of fused-ring (bicyclic) bond motifs is 1. The Morgan fingerprint density at radius 1 is 1.24 bits per heavy atom. The van der Waals surface area contributed by atoms with Crippen LogP contribution >= 0.6 is 23.2 Å². The fourth-order valence-electron chi connectivity index (χ4n) is 4.44. The highest BCUT2D eigenvalue weighted by Gasteiger charge is 2.35. The van der Waals surface area contributed by atoms with E-state index in [-0.39, 0.29) is 24.3 Å². The molecule has 0 spiro atoms. The van der Waals surface area contributed by atoms with Gasteiger partial charge in [-0.05, 0) is 58.2 Å². The van der Waals surface area contributed by atoms with Gasteiger partial charge in [0.25, 0.3) is 5.91 Å². The van der Waals surface area contributed by atoms with Crippen molar-refractivity contribution >= 4 is 65.0 Å². The number of carbonyl (C=O) groups is 2. The fraction of sp³-hybridized carbons (Fsp3) is 0.321. The zero-order valence-corrected chi connectivity index (χ0v) is 25.5. The number of guanidine groups is 1. The minimum Gasteiger partial charge on any atom is -0.370 e. The number of nitrogens with zero attached hydrogens (tertiary/aromatic N) is 7. The lowest BCUT2D eigenvalue weighted by Crippen LogP contribution is -2.46. The van der Waals surface area contributed by atoms with Crippen molar-refractivity contribution in [2.45, 2.75) is 46.3 Å². The number of pyridine rings is 1. The second kappa shape index (κ2) is 13.1. The zero-order valence-electron chi connectivity index (χ0n) is 23.9. The summed E-state index contributed by atoms with van der Waals surface area (Å²) in [4.78, 5) is 42.4. The van der Waals surface area contributed by atoms with Gasteiger partial charge in [-0.25, -0.2) is 9.98 Å². The van der Waals surface area contributed by atoms with E-state index in [9.17, 15) is 9.59 Å². The largest absolute Gasteiger partial charge is 0.370 e. The van der Waals surface area contributed by atoms with Gasteiger partial charge < -0.3 is 20.9 Å². The van der Waals surface area contributed by atoms with E-state index < -0.39 is 12.1 Å². The lowest BCUT2D eigenvalue weighted by atomic mass is 10.0. The molecule has 1 aliphatic heterocycles. The minimum absolute atomic E-state index is 0.156. The Kier molecular flexibility index (Phi) is 9.59. The van der Waals surface area contributed by atoms with E-state index in [2.05, 4.69) is 47.8 Å². The molecule has 2 aromatic heterocycles. The van der Waals surface area contributed by atoms with Gasteiger partial charge in [0.1, 0.15) is 11.9 Å². The van der Waals surface area contributed by atoms with Crippen LogP contribution in [0.1, 0.15) is 60.9 Å². The molecule has 0 saturated heterocycles. The normalized spacial score (nSPS) is 15.1. The van der Waals surface area contributed by atoms with Crippen molar-refractivity contribution in [2.75, 3.05) is 11.9 Å². The molecular weight excluding hydrogens is 579 g/mol. The number of amides is 2. The highest BCUT2D eigenvalue weighted by atomic mass is 35.5. The Labute approximate surface area is 253 Å². The molecular formula is C28H32Cl2N10O2. The van der Waals surface area contributed by atoms with Gasteiger partial charge in [0, 0.05) is 36.3 Å². The molecule has 14 heteroatoms. The number of allylic oxidation sites excluding steroid dienone is 1. The van der Waals surface area contributed by atoms with Crippen LogP contribution in [0.5, 0.6) is 0 Å². The van der Waals surface area contributed by atoms with E-state index in [4.69, 9.17) is 23.2 Å². The number of benzene rings is 1. The molecule has 12 nitrogen and oxygen atoms in total. The van der Waals surface area contributed by atoms with Gasteiger partial charge in [0.05, 0.1) is 28.7 Å². The summed E-state index contributed by atoms with van der Waals surface area (Å²) in [6.07, 6.45) is 1.48. The summed E-state index contributed by atoms with van der Waals surface area (Å²) in [7, 11) is 1.68. The second-order valence-electron chi connectivity index (χ2n) is 9.62. The number of carbonyl (C=O) groups excluding carboxylic acids is 2. The van der Waals surface area contributed by atoms with Gasteiger partial charge in [-0.2, -0.15) is 14.9 Å². The van der Waals surface area contributed by atoms with Crippen LogP contribution in [0.3, 0.4) is 0 Å². The fourth-order valence-corrected chi connectivity index (χ4v) is 4.87. The maximum absolute atomic E-state index is 13.5. The third kappa shape index (κ3) is 6.77. The number of halogens is 2. The van der Waals surface area contributed by atoms with Crippen molar-refractivity contribution < 1.29 is 9.59 Å². The first-order valence-electron chi connectivity index (χ1n) is 13.2. The summed E-state index contributed by atoms with van der Waals surface area (Å²) in [5.74, 6) is 0.566. The number of hydrogen-bond donors (Lipinski definition) is 3. The first-order valence-corrected chi connectivity index (χ1v) is 14.0.